The van der Waals surface area contributed by atoms with Crippen molar-refractivity contribution < 1.29 is 0 Å². The number of hydrogen-bond acceptors (Lipinski definition) is 2. The third kappa shape index (κ3) is 7.04. The molecule has 2 unspecified atom stereocenters. The highest BCUT2D eigenvalue weighted by molar-refractivity contribution is 6.04. The fourth-order valence-corrected chi connectivity index (χ4v) is 8.18. The number of nitrogens with zero attached hydrogens (tertiary/aromatic N) is 1. The van der Waals surface area contributed by atoms with E-state index in [1.165, 1.54) is 61.2 Å². The van der Waals surface area contributed by atoms with Gasteiger partial charge in [0.1, 0.15) is 0 Å². The van der Waals surface area contributed by atoms with Crippen molar-refractivity contribution in [2.24, 2.45) is 0 Å². The molecule has 0 amide bonds. The van der Waals surface area contributed by atoms with Crippen molar-refractivity contribution in [1.82, 2.24) is 0 Å². The molecule has 2 atom stereocenters. The van der Waals surface area contributed by atoms with E-state index in [1.54, 1.807) is 0 Å². The number of hydrogen-bond donors (Lipinski definition) is 1. The Kier molecular flexibility index (Phi) is 9.48. The minimum absolute atomic E-state index is 0.422. The first-order chi connectivity index (χ1) is 26.8. The van der Waals surface area contributed by atoms with E-state index in [0.29, 0.717) is 11.8 Å². The zero-order chi connectivity index (χ0) is 36.1. The molecule has 1 N–H and O–H groups in total. The first kappa shape index (κ1) is 33.5. The second-order valence-electron chi connectivity index (χ2n) is 14.4. The van der Waals surface area contributed by atoms with Crippen LogP contribution in [-0.2, 0) is 0 Å². The fraction of sp³-hybridized carbons (Fsp3) is 0.115. The SMILES string of the molecule is C1=CC(c2ccccc2)CC=C1Nc1ccc(C2=CC=C(N(c3ccccc3)c3ccc(C4=CCC(c5ccccc5)C=C4)c4ccccc34)CC2)cc1. The van der Waals surface area contributed by atoms with Crippen LogP contribution in [0.3, 0.4) is 0 Å². The first-order valence-electron chi connectivity index (χ1n) is 19.3. The molecule has 3 aliphatic carbocycles. The van der Waals surface area contributed by atoms with E-state index >= 15 is 0 Å². The summed E-state index contributed by atoms with van der Waals surface area (Å²) in [5, 5.41) is 6.16. The molecule has 6 aromatic rings. The molecule has 0 heterocycles. The maximum atomic E-state index is 3.62. The highest BCUT2D eigenvalue weighted by Gasteiger charge is 2.22. The van der Waals surface area contributed by atoms with E-state index in [1.807, 2.05) is 0 Å². The molecular weight excluding hydrogens is 653 g/mol. The molecule has 0 spiro atoms. The van der Waals surface area contributed by atoms with Crippen molar-refractivity contribution in [1.29, 1.82) is 0 Å². The molecule has 0 aliphatic heterocycles. The molecule has 2 nitrogen and oxygen atoms in total. The highest BCUT2D eigenvalue weighted by atomic mass is 15.1. The smallest absolute Gasteiger partial charge is 0.0537 e. The van der Waals surface area contributed by atoms with E-state index in [-0.39, 0.29) is 0 Å². The summed E-state index contributed by atoms with van der Waals surface area (Å²) in [7, 11) is 0. The number of anilines is 3. The summed E-state index contributed by atoms with van der Waals surface area (Å²) in [6.45, 7) is 0. The number of rotatable bonds is 9. The van der Waals surface area contributed by atoms with Gasteiger partial charge in [-0.15, -0.1) is 0 Å². The Morgan fingerprint density at radius 1 is 0.519 bits per heavy atom. The third-order valence-corrected chi connectivity index (χ3v) is 11.1. The van der Waals surface area contributed by atoms with E-state index in [2.05, 4.69) is 210 Å². The van der Waals surface area contributed by atoms with Crippen LogP contribution >= 0.6 is 0 Å². The lowest BCUT2D eigenvalue weighted by Gasteiger charge is -2.31. The second-order valence-corrected chi connectivity index (χ2v) is 14.4. The van der Waals surface area contributed by atoms with Gasteiger partial charge in [-0.2, -0.15) is 0 Å². The van der Waals surface area contributed by atoms with Crippen LogP contribution in [0.25, 0.3) is 21.9 Å². The van der Waals surface area contributed by atoms with Crippen molar-refractivity contribution in [3.63, 3.8) is 0 Å². The molecular formula is C52H44N2. The van der Waals surface area contributed by atoms with Gasteiger partial charge in [0.2, 0.25) is 0 Å². The van der Waals surface area contributed by atoms with Gasteiger partial charge in [0.05, 0.1) is 5.69 Å². The van der Waals surface area contributed by atoms with E-state index < -0.39 is 0 Å². The molecule has 0 saturated heterocycles. The van der Waals surface area contributed by atoms with E-state index in [9.17, 15) is 0 Å². The van der Waals surface area contributed by atoms with Crippen LogP contribution in [-0.4, -0.2) is 0 Å². The Labute approximate surface area is 319 Å². The second kappa shape index (κ2) is 15.3. The lowest BCUT2D eigenvalue weighted by Crippen LogP contribution is -2.18. The normalized spacial score (nSPS) is 18.0. The molecule has 2 heteroatoms. The molecule has 0 fully saturated rings. The van der Waals surface area contributed by atoms with Crippen LogP contribution in [0.2, 0.25) is 0 Å². The first-order valence-corrected chi connectivity index (χ1v) is 19.3. The van der Waals surface area contributed by atoms with Gasteiger partial charge in [-0.05, 0) is 107 Å². The monoisotopic (exact) mass is 696 g/mol. The molecule has 6 aromatic carbocycles. The Bertz CT molecular complexity index is 2450. The number of fused-ring (bicyclic) bond motifs is 1. The zero-order valence-corrected chi connectivity index (χ0v) is 30.5. The van der Waals surface area contributed by atoms with E-state index in [0.717, 1.165) is 37.1 Å². The summed E-state index contributed by atoms with van der Waals surface area (Å²) >= 11 is 0. The summed E-state index contributed by atoms with van der Waals surface area (Å²) in [5.74, 6) is 0.863. The quantitative estimate of drug-likeness (QED) is 0.162. The van der Waals surface area contributed by atoms with Crippen molar-refractivity contribution >= 4 is 39.0 Å². The number of allylic oxidation sites excluding steroid dienone is 11. The molecule has 3 aliphatic rings. The predicted molar refractivity (Wildman–Crippen MR) is 230 cm³/mol. The van der Waals surface area contributed by atoms with Crippen LogP contribution in [0.5, 0.6) is 0 Å². The predicted octanol–water partition coefficient (Wildman–Crippen LogP) is 13.9. The summed E-state index contributed by atoms with van der Waals surface area (Å²) in [6.07, 6.45) is 22.5. The highest BCUT2D eigenvalue weighted by Crippen LogP contribution is 2.42. The van der Waals surface area contributed by atoms with E-state index in [4.69, 9.17) is 0 Å². The zero-order valence-electron chi connectivity index (χ0n) is 30.5. The van der Waals surface area contributed by atoms with Crippen LogP contribution < -0.4 is 10.2 Å². The molecule has 0 radical (unpaired) electrons. The van der Waals surface area contributed by atoms with Crippen molar-refractivity contribution in [2.75, 3.05) is 10.2 Å². The Morgan fingerprint density at radius 2 is 1.15 bits per heavy atom. The number of para-hydroxylation sites is 1. The van der Waals surface area contributed by atoms with Gasteiger partial charge >= 0.3 is 0 Å². The topological polar surface area (TPSA) is 15.3 Å². The van der Waals surface area contributed by atoms with Crippen molar-refractivity contribution in [3.05, 3.63) is 234 Å². The molecule has 9 rings (SSSR count). The van der Waals surface area contributed by atoms with Gasteiger partial charge in [-0.25, -0.2) is 0 Å². The van der Waals surface area contributed by atoms with Crippen molar-refractivity contribution in [2.45, 2.75) is 37.5 Å². The minimum atomic E-state index is 0.422. The lowest BCUT2D eigenvalue weighted by molar-refractivity contribution is 0.846. The average Bonchev–Trinajstić information content (AvgIpc) is 3.26. The molecule has 0 aromatic heterocycles. The summed E-state index contributed by atoms with van der Waals surface area (Å²) in [4.78, 5) is 2.47. The van der Waals surface area contributed by atoms with Crippen LogP contribution in [0.1, 0.15) is 59.8 Å². The third-order valence-electron chi connectivity index (χ3n) is 11.1. The number of nitrogens with one attached hydrogen (secondary N) is 1. The molecule has 54 heavy (non-hydrogen) atoms. The molecule has 0 saturated carbocycles. The van der Waals surface area contributed by atoms with Gasteiger partial charge in [0.15, 0.2) is 0 Å². The standard InChI is InChI=1S/C52H44N2/c1-4-12-38(13-5-1)40-20-22-44(23-21-40)49-36-37-52(51-19-11-10-18-50(49)51)54(47-16-8-3-9-17-47)48-34-28-43(29-35-48)42-26-32-46(33-27-42)53-45-30-24-41(25-31-45)39-14-6-2-7-15-39/h1-20,22-24,26-28,30-34,36-37,40-41,53H,21,25,29,35H2. The summed E-state index contributed by atoms with van der Waals surface area (Å²) in [6, 6.07) is 54.9. The maximum absolute atomic E-state index is 3.62. The average molecular weight is 697 g/mol. The van der Waals surface area contributed by atoms with Crippen LogP contribution in [0, 0.1) is 0 Å². The van der Waals surface area contributed by atoms with Crippen LogP contribution in [0.15, 0.2) is 212 Å². The lowest BCUT2D eigenvalue weighted by atomic mass is 9.86. The Morgan fingerprint density at radius 3 is 1.76 bits per heavy atom. The summed E-state index contributed by atoms with van der Waals surface area (Å²) < 4.78 is 0. The fourth-order valence-electron chi connectivity index (χ4n) is 8.18. The van der Waals surface area contributed by atoms with Crippen LogP contribution in [0.4, 0.5) is 17.1 Å². The van der Waals surface area contributed by atoms with Gasteiger partial charge < -0.3 is 10.2 Å². The summed E-state index contributed by atoms with van der Waals surface area (Å²) in [5.41, 5.74) is 13.9. The van der Waals surface area contributed by atoms with Gasteiger partial charge in [-0.1, -0.05) is 158 Å². The number of benzene rings is 6. The Hall–Kier alpha value is -6.38. The maximum Gasteiger partial charge on any atom is 0.0537 e. The molecule has 262 valence electrons. The minimum Gasteiger partial charge on any atom is -0.356 e. The van der Waals surface area contributed by atoms with Gasteiger partial charge in [-0.3, -0.25) is 0 Å². The van der Waals surface area contributed by atoms with Gasteiger partial charge in [0, 0.05) is 40.0 Å². The largest absolute Gasteiger partial charge is 0.356 e. The van der Waals surface area contributed by atoms with Crippen molar-refractivity contribution in [3.8, 4) is 0 Å². The molecule has 0 bridgehead atoms. The van der Waals surface area contributed by atoms with Gasteiger partial charge in [0.25, 0.3) is 0 Å². The Balaban J connectivity index is 0.959.